The summed E-state index contributed by atoms with van der Waals surface area (Å²) >= 11 is 0. The van der Waals surface area contributed by atoms with E-state index in [1.54, 1.807) is 11.1 Å². The first-order chi connectivity index (χ1) is 11.7. The molecule has 124 valence electrons. The maximum atomic E-state index is 12.6. The van der Waals surface area contributed by atoms with Crippen molar-refractivity contribution in [1.82, 2.24) is 14.9 Å². The van der Waals surface area contributed by atoms with Gasteiger partial charge in [-0.1, -0.05) is 18.2 Å². The first-order valence-corrected chi connectivity index (χ1v) is 8.15. The molecule has 0 saturated carbocycles. The van der Waals surface area contributed by atoms with E-state index in [4.69, 9.17) is 0 Å². The van der Waals surface area contributed by atoms with E-state index < -0.39 is 0 Å². The van der Waals surface area contributed by atoms with E-state index in [-0.39, 0.29) is 12.5 Å². The van der Waals surface area contributed by atoms with Crippen LogP contribution in [0.5, 0.6) is 0 Å². The molecule has 0 radical (unpaired) electrons. The number of aromatic amines is 1. The minimum Gasteiger partial charge on any atom is -0.390 e. The van der Waals surface area contributed by atoms with Gasteiger partial charge in [0.25, 0.3) is 5.91 Å². The number of carbonyl (C=O) groups excluding carboxylic acids is 1. The standard InChI is InChI=1S/C19H21N3O2/c1-3-22(4-2)19(24)14-10-16(17(12-23)21-11-14)15-7-5-6-13-8-9-20-18(13)15/h5-11,20,23H,3-4,12H2,1-2H3. The van der Waals surface area contributed by atoms with Gasteiger partial charge < -0.3 is 15.0 Å². The molecule has 0 unspecified atom stereocenters. The summed E-state index contributed by atoms with van der Waals surface area (Å²) in [5.41, 5.74) is 3.79. The van der Waals surface area contributed by atoms with Crippen LogP contribution >= 0.6 is 0 Å². The average molecular weight is 323 g/mol. The van der Waals surface area contributed by atoms with E-state index >= 15 is 0 Å². The highest BCUT2D eigenvalue weighted by atomic mass is 16.3. The number of nitrogens with zero attached hydrogens (tertiary/aromatic N) is 2. The van der Waals surface area contributed by atoms with Crippen LogP contribution in [0.25, 0.3) is 22.0 Å². The summed E-state index contributed by atoms with van der Waals surface area (Å²) in [6, 6.07) is 9.78. The topological polar surface area (TPSA) is 69.2 Å². The molecule has 2 N–H and O–H groups in total. The number of H-pyrrole nitrogens is 1. The van der Waals surface area contributed by atoms with E-state index in [0.717, 1.165) is 22.0 Å². The lowest BCUT2D eigenvalue weighted by Crippen LogP contribution is -2.30. The Labute approximate surface area is 141 Å². The van der Waals surface area contributed by atoms with Gasteiger partial charge in [-0.05, 0) is 31.4 Å². The number of hydrogen-bond donors (Lipinski definition) is 2. The first-order valence-electron chi connectivity index (χ1n) is 8.15. The molecule has 5 nitrogen and oxygen atoms in total. The highest BCUT2D eigenvalue weighted by Gasteiger charge is 2.17. The second-order valence-corrected chi connectivity index (χ2v) is 5.60. The molecule has 0 aliphatic heterocycles. The number of amides is 1. The lowest BCUT2D eigenvalue weighted by atomic mass is 9.99. The highest BCUT2D eigenvalue weighted by Crippen LogP contribution is 2.30. The summed E-state index contributed by atoms with van der Waals surface area (Å²) in [4.78, 5) is 21.9. The fourth-order valence-electron chi connectivity index (χ4n) is 2.97. The molecule has 24 heavy (non-hydrogen) atoms. The van der Waals surface area contributed by atoms with Crippen LogP contribution in [-0.4, -0.2) is 39.0 Å². The van der Waals surface area contributed by atoms with Crippen LogP contribution < -0.4 is 0 Å². The van der Waals surface area contributed by atoms with Crippen molar-refractivity contribution in [2.45, 2.75) is 20.5 Å². The zero-order valence-corrected chi connectivity index (χ0v) is 13.9. The first kappa shape index (κ1) is 16.2. The lowest BCUT2D eigenvalue weighted by Gasteiger charge is -2.19. The van der Waals surface area contributed by atoms with Crippen molar-refractivity contribution in [1.29, 1.82) is 0 Å². The Morgan fingerprint density at radius 3 is 2.71 bits per heavy atom. The average Bonchev–Trinajstić information content (AvgIpc) is 3.10. The third kappa shape index (κ3) is 2.78. The zero-order valence-electron chi connectivity index (χ0n) is 13.9. The molecule has 2 aromatic heterocycles. The van der Waals surface area contributed by atoms with Crippen LogP contribution in [0.2, 0.25) is 0 Å². The SMILES string of the molecule is CCN(CC)C(=O)c1cnc(CO)c(-c2cccc3cc[nH]c23)c1. The van der Waals surface area contributed by atoms with Gasteiger partial charge in [0.2, 0.25) is 0 Å². The van der Waals surface area contributed by atoms with Crippen LogP contribution in [0.3, 0.4) is 0 Å². The molecule has 3 aromatic rings. The van der Waals surface area contributed by atoms with Crippen LogP contribution in [-0.2, 0) is 6.61 Å². The van der Waals surface area contributed by atoms with Crippen LogP contribution in [0, 0.1) is 0 Å². The van der Waals surface area contributed by atoms with Gasteiger partial charge in [0.05, 0.1) is 23.4 Å². The second-order valence-electron chi connectivity index (χ2n) is 5.60. The number of fused-ring (bicyclic) bond motifs is 1. The fraction of sp³-hybridized carbons (Fsp3) is 0.263. The van der Waals surface area contributed by atoms with Gasteiger partial charge >= 0.3 is 0 Å². The molecule has 0 aliphatic carbocycles. The van der Waals surface area contributed by atoms with Crippen LogP contribution in [0.15, 0.2) is 42.7 Å². The number of aromatic nitrogens is 2. The van der Waals surface area contributed by atoms with Crippen molar-refractivity contribution in [3.05, 3.63) is 54.0 Å². The minimum atomic E-state index is -0.174. The molecule has 0 spiro atoms. The molecule has 0 saturated heterocycles. The number of rotatable bonds is 5. The summed E-state index contributed by atoms with van der Waals surface area (Å²) in [5, 5.41) is 10.7. The van der Waals surface area contributed by atoms with Crippen molar-refractivity contribution in [3.63, 3.8) is 0 Å². The predicted octanol–water partition coefficient (Wildman–Crippen LogP) is 3.20. The molecule has 1 amide bonds. The van der Waals surface area contributed by atoms with Crippen molar-refractivity contribution in [2.75, 3.05) is 13.1 Å². The maximum Gasteiger partial charge on any atom is 0.255 e. The normalized spacial score (nSPS) is 11.0. The van der Waals surface area contributed by atoms with Crippen molar-refractivity contribution in [3.8, 4) is 11.1 Å². The van der Waals surface area contributed by atoms with Crippen LogP contribution in [0.4, 0.5) is 0 Å². The number of benzene rings is 1. The van der Waals surface area contributed by atoms with Crippen molar-refractivity contribution in [2.24, 2.45) is 0 Å². The van der Waals surface area contributed by atoms with E-state index in [0.29, 0.717) is 24.3 Å². The maximum absolute atomic E-state index is 12.6. The number of pyridine rings is 1. The Hall–Kier alpha value is -2.66. The molecule has 0 aliphatic rings. The molecule has 2 heterocycles. The Balaban J connectivity index is 2.15. The summed E-state index contributed by atoms with van der Waals surface area (Å²) in [5.74, 6) is -0.0445. The molecular weight excluding hydrogens is 302 g/mol. The molecule has 0 bridgehead atoms. The minimum absolute atomic E-state index is 0.0445. The van der Waals surface area contributed by atoms with Gasteiger partial charge in [-0.25, -0.2) is 0 Å². The second kappa shape index (κ2) is 6.84. The third-order valence-corrected chi connectivity index (χ3v) is 4.30. The molecule has 0 atom stereocenters. The number of aliphatic hydroxyl groups is 1. The summed E-state index contributed by atoms with van der Waals surface area (Å²) in [6.07, 6.45) is 3.43. The molecule has 5 heteroatoms. The Bertz CT molecular complexity index is 866. The van der Waals surface area contributed by atoms with Crippen LogP contribution in [0.1, 0.15) is 29.9 Å². The number of hydrogen-bond acceptors (Lipinski definition) is 3. The van der Waals surface area contributed by atoms with Gasteiger partial charge in [-0.2, -0.15) is 0 Å². The molecular formula is C19H21N3O2. The van der Waals surface area contributed by atoms with Gasteiger partial charge in [0, 0.05) is 36.6 Å². The van der Waals surface area contributed by atoms with E-state index in [9.17, 15) is 9.90 Å². The van der Waals surface area contributed by atoms with Gasteiger partial charge in [0.15, 0.2) is 0 Å². The largest absolute Gasteiger partial charge is 0.390 e. The summed E-state index contributed by atoms with van der Waals surface area (Å²) < 4.78 is 0. The molecule has 1 aromatic carbocycles. The number of aliphatic hydroxyl groups excluding tert-OH is 1. The monoisotopic (exact) mass is 323 g/mol. The highest BCUT2D eigenvalue weighted by molar-refractivity contribution is 5.98. The van der Waals surface area contributed by atoms with E-state index in [1.807, 2.05) is 50.4 Å². The smallest absolute Gasteiger partial charge is 0.255 e. The predicted molar refractivity (Wildman–Crippen MR) is 94.7 cm³/mol. The summed E-state index contributed by atoms with van der Waals surface area (Å²) in [7, 11) is 0. The number of carbonyl (C=O) groups is 1. The Morgan fingerprint density at radius 1 is 1.21 bits per heavy atom. The zero-order chi connectivity index (χ0) is 17.1. The molecule has 0 fully saturated rings. The Morgan fingerprint density at radius 2 is 2.00 bits per heavy atom. The number of para-hydroxylation sites is 1. The summed E-state index contributed by atoms with van der Waals surface area (Å²) in [6.45, 7) is 5.04. The lowest BCUT2D eigenvalue weighted by molar-refractivity contribution is 0.0772. The van der Waals surface area contributed by atoms with Crippen molar-refractivity contribution < 1.29 is 9.90 Å². The quantitative estimate of drug-likeness (QED) is 0.757. The number of nitrogens with one attached hydrogen (secondary N) is 1. The van der Waals surface area contributed by atoms with Gasteiger partial charge in [-0.3, -0.25) is 9.78 Å². The fourth-order valence-corrected chi connectivity index (χ4v) is 2.97. The van der Waals surface area contributed by atoms with E-state index in [2.05, 4.69) is 9.97 Å². The van der Waals surface area contributed by atoms with Gasteiger partial charge in [0.1, 0.15) is 0 Å². The van der Waals surface area contributed by atoms with E-state index in [1.165, 1.54) is 0 Å². The third-order valence-electron chi connectivity index (χ3n) is 4.30. The van der Waals surface area contributed by atoms with Crippen molar-refractivity contribution >= 4 is 16.8 Å². The Kier molecular flexibility index (Phi) is 4.62. The van der Waals surface area contributed by atoms with Gasteiger partial charge in [-0.15, -0.1) is 0 Å². The molecule has 3 rings (SSSR count).